The first-order valence-electron chi connectivity index (χ1n) is 7.45. The molecule has 1 nitrogen and oxygen atoms in total. The van der Waals surface area contributed by atoms with Crippen LogP contribution in [0.25, 0.3) is 0 Å². The van der Waals surface area contributed by atoms with E-state index in [0.717, 1.165) is 12.8 Å². The molecule has 0 radical (unpaired) electrons. The van der Waals surface area contributed by atoms with Gasteiger partial charge in [-0.2, -0.15) is 13.2 Å². The molecule has 1 atom stereocenters. The van der Waals surface area contributed by atoms with Gasteiger partial charge in [-0.05, 0) is 64.3 Å². The maximum atomic E-state index is 12.7. The van der Waals surface area contributed by atoms with E-state index in [-0.39, 0.29) is 0 Å². The van der Waals surface area contributed by atoms with Crippen LogP contribution in [0.4, 0.5) is 13.2 Å². The van der Waals surface area contributed by atoms with Crippen LogP contribution in [0.5, 0.6) is 0 Å². The first kappa shape index (κ1) is 14.9. The molecule has 19 heavy (non-hydrogen) atoms. The molecule has 2 rings (SSSR count). The summed E-state index contributed by atoms with van der Waals surface area (Å²) >= 11 is 0. The van der Waals surface area contributed by atoms with Gasteiger partial charge in [-0.1, -0.05) is 11.6 Å². The molecule has 0 aromatic heterocycles. The van der Waals surface area contributed by atoms with Crippen molar-refractivity contribution in [3.63, 3.8) is 0 Å². The molecule has 0 heterocycles. The van der Waals surface area contributed by atoms with Gasteiger partial charge in [0.15, 0.2) is 0 Å². The van der Waals surface area contributed by atoms with Gasteiger partial charge in [0, 0.05) is 6.04 Å². The van der Waals surface area contributed by atoms with Crippen molar-refractivity contribution in [3.8, 4) is 0 Å². The summed E-state index contributed by atoms with van der Waals surface area (Å²) in [5, 5.41) is 3.35. The molecule has 0 aromatic carbocycles. The number of nitrogens with one attached hydrogen (secondary N) is 1. The predicted molar refractivity (Wildman–Crippen MR) is 70.9 cm³/mol. The molecule has 1 saturated carbocycles. The highest BCUT2D eigenvalue weighted by Crippen LogP contribution is 2.41. The Morgan fingerprint density at radius 3 is 2.32 bits per heavy atom. The van der Waals surface area contributed by atoms with Crippen LogP contribution in [0.15, 0.2) is 11.6 Å². The lowest BCUT2D eigenvalue weighted by molar-refractivity contribution is -0.184. The molecule has 1 N–H and O–H groups in total. The topological polar surface area (TPSA) is 12.0 Å². The van der Waals surface area contributed by atoms with Gasteiger partial charge in [-0.3, -0.25) is 0 Å². The van der Waals surface area contributed by atoms with Crippen LogP contribution < -0.4 is 5.32 Å². The Hall–Kier alpha value is -0.510. The number of likely N-dealkylation sites (N-methyl/N-ethyl adjacent to an activating group) is 1. The van der Waals surface area contributed by atoms with Gasteiger partial charge in [0.1, 0.15) is 0 Å². The molecule has 0 spiro atoms. The van der Waals surface area contributed by atoms with Gasteiger partial charge in [-0.25, -0.2) is 0 Å². The van der Waals surface area contributed by atoms with Crippen LogP contribution in [-0.2, 0) is 0 Å². The van der Waals surface area contributed by atoms with E-state index in [9.17, 15) is 13.2 Å². The van der Waals surface area contributed by atoms with Crippen LogP contribution in [0.3, 0.4) is 0 Å². The van der Waals surface area contributed by atoms with E-state index in [0.29, 0.717) is 37.6 Å². The summed E-state index contributed by atoms with van der Waals surface area (Å²) in [4.78, 5) is 0. The monoisotopic (exact) mass is 275 g/mol. The van der Waals surface area contributed by atoms with Crippen LogP contribution in [0.2, 0.25) is 0 Å². The molecule has 1 fully saturated rings. The SMILES string of the molecule is CNC(C1=CCCCC1)C1CCC(C(F)(F)F)CC1. The first-order chi connectivity index (χ1) is 9.02. The molecular formula is C15H24F3N. The molecular weight excluding hydrogens is 251 g/mol. The van der Waals surface area contributed by atoms with Crippen LogP contribution in [0.1, 0.15) is 51.4 Å². The van der Waals surface area contributed by atoms with Gasteiger partial charge in [-0.15, -0.1) is 0 Å². The van der Waals surface area contributed by atoms with Crippen molar-refractivity contribution in [1.82, 2.24) is 5.32 Å². The lowest BCUT2D eigenvalue weighted by atomic mass is 9.75. The highest BCUT2D eigenvalue weighted by Gasteiger charge is 2.42. The van der Waals surface area contributed by atoms with E-state index in [2.05, 4.69) is 11.4 Å². The summed E-state index contributed by atoms with van der Waals surface area (Å²) in [6.45, 7) is 0. The summed E-state index contributed by atoms with van der Waals surface area (Å²) in [5.74, 6) is -0.686. The summed E-state index contributed by atoms with van der Waals surface area (Å²) < 4.78 is 38.0. The van der Waals surface area contributed by atoms with Gasteiger partial charge < -0.3 is 5.32 Å². The van der Waals surface area contributed by atoms with Gasteiger partial charge in [0.2, 0.25) is 0 Å². The minimum Gasteiger partial charge on any atom is -0.313 e. The Balaban J connectivity index is 1.93. The second-order valence-corrected chi connectivity index (χ2v) is 5.94. The van der Waals surface area contributed by atoms with Crippen molar-refractivity contribution < 1.29 is 13.2 Å². The second kappa shape index (κ2) is 6.29. The fraction of sp³-hybridized carbons (Fsp3) is 0.867. The van der Waals surface area contributed by atoms with E-state index in [1.165, 1.54) is 18.4 Å². The highest BCUT2D eigenvalue weighted by molar-refractivity contribution is 5.15. The number of allylic oxidation sites excluding steroid dienone is 1. The van der Waals surface area contributed by atoms with Crippen LogP contribution in [-0.4, -0.2) is 19.3 Å². The minimum atomic E-state index is -4.00. The number of hydrogen-bond donors (Lipinski definition) is 1. The van der Waals surface area contributed by atoms with Crippen molar-refractivity contribution in [2.24, 2.45) is 11.8 Å². The van der Waals surface area contributed by atoms with E-state index in [4.69, 9.17) is 0 Å². The van der Waals surface area contributed by atoms with Crippen molar-refractivity contribution in [2.45, 2.75) is 63.6 Å². The highest BCUT2D eigenvalue weighted by atomic mass is 19.4. The average molecular weight is 275 g/mol. The first-order valence-corrected chi connectivity index (χ1v) is 7.45. The minimum absolute atomic E-state index is 0.300. The standard InChI is InChI=1S/C15H24F3N/c1-19-14(11-5-3-2-4-6-11)12-7-9-13(10-8-12)15(16,17)18/h5,12-14,19H,2-4,6-10H2,1H3. The van der Waals surface area contributed by atoms with E-state index in [1.807, 2.05) is 7.05 Å². The van der Waals surface area contributed by atoms with Gasteiger partial charge >= 0.3 is 6.18 Å². The molecule has 0 aliphatic heterocycles. The third-order valence-corrected chi connectivity index (χ3v) is 4.74. The lowest BCUT2D eigenvalue weighted by Crippen LogP contribution is -2.39. The number of hydrogen-bond acceptors (Lipinski definition) is 1. The Bertz CT molecular complexity index is 314. The molecule has 0 aromatic rings. The van der Waals surface area contributed by atoms with Crippen molar-refractivity contribution in [3.05, 3.63) is 11.6 Å². The summed E-state index contributed by atoms with van der Waals surface area (Å²) in [5.41, 5.74) is 1.43. The van der Waals surface area contributed by atoms with Crippen molar-refractivity contribution in [1.29, 1.82) is 0 Å². The Labute approximate surface area is 113 Å². The summed E-state index contributed by atoms with van der Waals surface area (Å²) in [6.07, 6.45) is 5.04. The molecule has 0 bridgehead atoms. The maximum absolute atomic E-state index is 12.7. The van der Waals surface area contributed by atoms with E-state index in [1.54, 1.807) is 0 Å². The van der Waals surface area contributed by atoms with Crippen molar-refractivity contribution >= 4 is 0 Å². The average Bonchev–Trinajstić information content (AvgIpc) is 2.40. The maximum Gasteiger partial charge on any atom is 0.391 e. The zero-order valence-electron chi connectivity index (χ0n) is 11.6. The van der Waals surface area contributed by atoms with Crippen LogP contribution >= 0.6 is 0 Å². The Morgan fingerprint density at radius 1 is 1.16 bits per heavy atom. The van der Waals surface area contributed by atoms with Gasteiger partial charge in [0.25, 0.3) is 0 Å². The van der Waals surface area contributed by atoms with Crippen molar-refractivity contribution in [2.75, 3.05) is 7.05 Å². The number of halogens is 3. The smallest absolute Gasteiger partial charge is 0.313 e. The largest absolute Gasteiger partial charge is 0.391 e. The normalized spacial score (nSPS) is 30.8. The molecule has 0 amide bonds. The number of rotatable bonds is 3. The van der Waals surface area contributed by atoms with Gasteiger partial charge in [0.05, 0.1) is 5.92 Å². The van der Waals surface area contributed by atoms with E-state index >= 15 is 0 Å². The molecule has 1 unspecified atom stereocenters. The zero-order chi connectivity index (χ0) is 13.9. The zero-order valence-corrected chi connectivity index (χ0v) is 11.6. The molecule has 0 saturated heterocycles. The third kappa shape index (κ3) is 3.74. The lowest BCUT2D eigenvalue weighted by Gasteiger charge is -2.36. The summed E-state index contributed by atoms with van der Waals surface area (Å²) in [7, 11) is 1.94. The van der Waals surface area contributed by atoms with E-state index < -0.39 is 12.1 Å². The van der Waals surface area contributed by atoms with Crippen LogP contribution in [0, 0.1) is 11.8 Å². The Kier molecular flexibility index (Phi) is 4.93. The second-order valence-electron chi connectivity index (χ2n) is 5.94. The molecule has 4 heteroatoms. The molecule has 2 aliphatic carbocycles. The Morgan fingerprint density at radius 2 is 1.84 bits per heavy atom. The quantitative estimate of drug-likeness (QED) is 0.751. The third-order valence-electron chi connectivity index (χ3n) is 4.74. The fourth-order valence-electron chi connectivity index (χ4n) is 3.65. The molecule has 110 valence electrons. The molecule has 2 aliphatic rings. The fourth-order valence-corrected chi connectivity index (χ4v) is 3.65. The number of alkyl halides is 3. The summed E-state index contributed by atoms with van der Waals surface area (Å²) in [6, 6.07) is 0.300. The predicted octanol–water partition coefficient (Wildman–Crippen LogP) is 4.44.